The van der Waals surface area contributed by atoms with E-state index in [1.807, 2.05) is 7.05 Å². The number of nitrogens with zero attached hydrogens (tertiary/aromatic N) is 1. The van der Waals surface area contributed by atoms with Crippen molar-refractivity contribution in [3.05, 3.63) is 29.3 Å². The van der Waals surface area contributed by atoms with Crippen molar-refractivity contribution >= 4 is 5.69 Å². The molecule has 18 heavy (non-hydrogen) atoms. The number of likely N-dealkylation sites (N-methyl/N-ethyl adjacent to an activating group) is 1. The Kier molecular flexibility index (Phi) is 3.29. The zero-order chi connectivity index (χ0) is 12.5. The minimum atomic E-state index is 0.557. The number of hydrogen-bond donors (Lipinski definition) is 1. The predicted molar refractivity (Wildman–Crippen MR) is 77.3 cm³/mol. The van der Waals surface area contributed by atoms with E-state index in [1.165, 1.54) is 43.6 Å². The standard InChI is InChI=1S/C16H24N2/c1-12(17-2)9-14-5-6-15-7-8-18(16(15)10-14)11-13-3-4-13/h5-6,10,12-13,17H,3-4,7-9,11H2,1-2H3. The van der Waals surface area contributed by atoms with E-state index in [9.17, 15) is 0 Å². The van der Waals surface area contributed by atoms with Crippen LogP contribution in [0.4, 0.5) is 5.69 Å². The summed E-state index contributed by atoms with van der Waals surface area (Å²) in [5.41, 5.74) is 4.54. The van der Waals surface area contributed by atoms with Crippen LogP contribution in [0.25, 0.3) is 0 Å². The number of benzene rings is 1. The van der Waals surface area contributed by atoms with Crippen LogP contribution in [0, 0.1) is 5.92 Å². The van der Waals surface area contributed by atoms with E-state index in [0.717, 1.165) is 12.3 Å². The molecule has 1 aliphatic carbocycles. The fourth-order valence-corrected chi connectivity index (χ4v) is 2.88. The van der Waals surface area contributed by atoms with Gasteiger partial charge in [0.25, 0.3) is 0 Å². The van der Waals surface area contributed by atoms with E-state index in [-0.39, 0.29) is 0 Å². The quantitative estimate of drug-likeness (QED) is 0.856. The zero-order valence-electron chi connectivity index (χ0n) is 11.6. The fraction of sp³-hybridized carbons (Fsp3) is 0.625. The predicted octanol–water partition coefficient (Wildman–Crippen LogP) is 2.61. The topological polar surface area (TPSA) is 15.3 Å². The number of rotatable bonds is 5. The molecule has 0 saturated heterocycles. The molecular formula is C16H24N2. The Bertz CT molecular complexity index is 423. The van der Waals surface area contributed by atoms with E-state index in [2.05, 4.69) is 35.3 Å². The first kappa shape index (κ1) is 12.0. The van der Waals surface area contributed by atoms with Gasteiger partial charge < -0.3 is 10.2 Å². The molecule has 0 amide bonds. The lowest BCUT2D eigenvalue weighted by molar-refractivity contribution is 0.608. The molecule has 0 radical (unpaired) electrons. The van der Waals surface area contributed by atoms with Gasteiger partial charge in [0, 0.05) is 24.8 Å². The Hall–Kier alpha value is -1.02. The maximum Gasteiger partial charge on any atom is 0.0402 e. The van der Waals surface area contributed by atoms with Crippen LogP contribution in [-0.4, -0.2) is 26.2 Å². The lowest BCUT2D eigenvalue weighted by Gasteiger charge is -2.20. The van der Waals surface area contributed by atoms with Gasteiger partial charge in [0.05, 0.1) is 0 Å². The minimum absolute atomic E-state index is 0.557. The molecule has 98 valence electrons. The highest BCUT2D eigenvalue weighted by Gasteiger charge is 2.27. The van der Waals surface area contributed by atoms with E-state index >= 15 is 0 Å². The molecule has 1 aliphatic heterocycles. The van der Waals surface area contributed by atoms with Gasteiger partial charge in [-0.2, -0.15) is 0 Å². The van der Waals surface area contributed by atoms with Gasteiger partial charge in [-0.3, -0.25) is 0 Å². The van der Waals surface area contributed by atoms with Gasteiger partial charge in [-0.1, -0.05) is 12.1 Å². The molecule has 0 spiro atoms. The Morgan fingerprint density at radius 2 is 2.22 bits per heavy atom. The number of hydrogen-bond acceptors (Lipinski definition) is 2. The SMILES string of the molecule is CNC(C)Cc1ccc2c(c1)N(CC1CC1)CC2. The second-order valence-corrected chi connectivity index (χ2v) is 6.00. The third-order valence-electron chi connectivity index (χ3n) is 4.35. The molecule has 1 aromatic rings. The molecule has 1 fully saturated rings. The van der Waals surface area contributed by atoms with E-state index < -0.39 is 0 Å². The first-order valence-corrected chi connectivity index (χ1v) is 7.30. The van der Waals surface area contributed by atoms with Gasteiger partial charge in [-0.25, -0.2) is 0 Å². The Morgan fingerprint density at radius 1 is 1.39 bits per heavy atom. The molecule has 1 unspecified atom stereocenters. The van der Waals surface area contributed by atoms with Crippen LogP contribution in [0.15, 0.2) is 18.2 Å². The van der Waals surface area contributed by atoms with Crippen molar-refractivity contribution in [1.82, 2.24) is 5.32 Å². The maximum atomic E-state index is 3.32. The highest BCUT2D eigenvalue weighted by molar-refractivity contribution is 5.59. The molecule has 2 nitrogen and oxygen atoms in total. The lowest BCUT2D eigenvalue weighted by Crippen LogP contribution is -2.24. The van der Waals surface area contributed by atoms with Crippen LogP contribution in [0.3, 0.4) is 0 Å². The molecular weight excluding hydrogens is 220 g/mol. The normalized spacial score (nSPS) is 20.0. The van der Waals surface area contributed by atoms with Crippen molar-refractivity contribution in [2.24, 2.45) is 5.92 Å². The van der Waals surface area contributed by atoms with Crippen LogP contribution in [-0.2, 0) is 12.8 Å². The zero-order valence-corrected chi connectivity index (χ0v) is 11.6. The van der Waals surface area contributed by atoms with E-state index in [4.69, 9.17) is 0 Å². The summed E-state index contributed by atoms with van der Waals surface area (Å²) in [7, 11) is 2.04. The summed E-state index contributed by atoms with van der Waals surface area (Å²) in [5, 5.41) is 3.32. The average molecular weight is 244 g/mol. The Morgan fingerprint density at radius 3 is 2.94 bits per heavy atom. The van der Waals surface area contributed by atoms with Crippen molar-refractivity contribution in [3.8, 4) is 0 Å². The number of nitrogens with one attached hydrogen (secondary N) is 1. The summed E-state index contributed by atoms with van der Waals surface area (Å²) in [4.78, 5) is 2.61. The second kappa shape index (κ2) is 4.93. The molecule has 2 heteroatoms. The van der Waals surface area contributed by atoms with Crippen molar-refractivity contribution in [2.75, 3.05) is 25.0 Å². The van der Waals surface area contributed by atoms with Crippen LogP contribution < -0.4 is 10.2 Å². The van der Waals surface area contributed by atoms with Gasteiger partial charge in [0.2, 0.25) is 0 Å². The smallest absolute Gasteiger partial charge is 0.0402 e. The largest absolute Gasteiger partial charge is 0.371 e. The third kappa shape index (κ3) is 2.54. The molecule has 1 atom stereocenters. The first-order chi connectivity index (χ1) is 8.76. The van der Waals surface area contributed by atoms with Crippen LogP contribution in [0.1, 0.15) is 30.9 Å². The van der Waals surface area contributed by atoms with Crippen molar-refractivity contribution in [1.29, 1.82) is 0 Å². The molecule has 0 bridgehead atoms. The Balaban J connectivity index is 1.75. The second-order valence-electron chi connectivity index (χ2n) is 6.00. The number of fused-ring (bicyclic) bond motifs is 1. The lowest BCUT2D eigenvalue weighted by atomic mass is 10.0. The minimum Gasteiger partial charge on any atom is -0.371 e. The van der Waals surface area contributed by atoms with Gasteiger partial charge in [-0.15, -0.1) is 0 Å². The van der Waals surface area contributed by atoms with Crippen molar-refractivity contribution in [3.63, 3.8) is 0 Å². The van der Waals surface area contributed by atoms with Crippen molar-refractivity contribution < 1.29 is 0 Å². The molecule has 1 N–H and O–H groups in total. The molecule has 1 saturated carbocycles. The van der Waals surface area contributed by atoms with Gasteiger partial charge in [0.1, 0.15) is 0 Å². The highest BCUT2D eigenvalue weighted by Crippen LogP contribution is 2.35. The van der Waals surface area contributed by atoms with E-state index in [1.54, 1.807) is 5.56 Å². The van der Waals surface area contributed by atoms with Gasteiger partial charge in [-0.05, 0) is 62.8 Å². The summed E-state index contributed by atoms with van der Waals surface area (Å²) < 4.78 is 0. The molecule has 1 aromatic carbocycles. The molecule has 2 aliphatic rings. The third-order valence-corrected chi connectivity index (χ3v) is 4.35. The fourth-order valence-electron chi connectivity index (χ4n) is 2.88. The number of anilines is 1. The summed E-state index contributed by atoms with van der Waals surface area (Å²) in [6.45, 7) is 4.77. The maximum absolute atomic E-state index is 3.32. The van der Waals surface area contributed by atoms with Gasteiger partial charge >= 0.3 is 0 Å². The summed E-state index contributed by atoms with van der Waals surface area (Å²) in [6.07, 6.45) is 5.26. The summed E-state index contributed by atoms with van der Waals surface area (Å²) >= 11 is 0. The van der Waals surface area contributed by atoms with Crippen molar-refractivity contribution in [2.45, 2.75) is 38.6 Å². The van der Waals surface area contributed by atoms with Crippen LogP contribution in [0.2, 0.25) is 0 Å². The molecule has 1 heterocycles. The van der Waals surface area contributed by atoms with Crippen LogP contribution in [0.5, 0.6) is 0 Å². The molecule has 0 aromatic heterocycles. The summed E-state index contributed by atoms with van der Waals surface area (Å²) in [5.74, 6) is 0.982. The van der Waals surface area contributed by atoms with Gasteiger partial charge in [0.15, 0.2) is 0 Å². The monoisotopic (exact) mass is 244 g/mol. The first-order valence-electron chi connectivity index (χ1n) is 7.30. The van der Waals surface area contributed by atoms with E-state index in [0.29, 0.717) is 6.04 Å². The molecule has 3 rings (SSSR count). The summed E-state index contributed by atoms with van der Waals surface area (Å²) in [6, 6.07) is 7.65. The Labute approximate surface area is 110 Å². The average Bonchev–Trinajstić information content (AvgIpc) is 3.11. The van der Waals surface area contributed by atoms with Crippen LogP contribution >= 0.6 is 0 Å². The highest BCUT2D eigenvalue weighted by atomic mass is 15.2.